The molecule has 1 aliphatic carbocycles. The summed E-state index contributed by atoms with van der Waals surface area (Å²) in [5, 5.41) is 0.293. The Kier molecular flexibility index (Phi) is 5.28. The van der Waals surface area contributed by atoms with E-state index in [4.69, 9.17) is 15.2 Å². The third-order valence-corrected chi connectivity index (χ3v) is 8.05. The van der Waals surface area contributed by atoms with Gasteiger partial charge in [0.1, 0.15) is 0 Å². The SMILES string of the molecule is CC(C)(C)[Si](C)(C)OC1CC(ON)C1.Cl. The van der Waals surface area contributed by atoms with Crippen LogP contribution in [0.15, 0.2) is 0 Å². The molecule has 0 bridgehead atoms. The molecule has 0 aliphatic heterocycles. The average molecular weight is 254 g/mol. The average Bonchev–Trinajstić information content (AvgIpc) is 1.93. The van der Waals surface area contributed by atoms with Gasteiger partial charge in [-0.2, -0.15) is 0 Å². The lowest BCUT2D eigenvalue weighted by Crippen LogP contribution is -2.49. The standard InChI is InChI=1S/C10H23NO2Si.ClH/c1-10(2,3)14(4,5)13-9-6-8(7-9)12-11;/h8-9H,6-7,11H2,1-5H3;1H. The van der Waals surface area contributed by atoms with Crippen LogP contribution in [-0.4, -0.2) is 20.5 Å². The summed E-state index contributed by atoms with van der Waals surface area (Å²) in [4.78, 5) is 4.75. The van der Waals surface area contributed by atoms with Gasteiger partial charge in [-0.05, 0) is 18.1 Å². The summed E-state index contributed by atoms with van der Waals surface area (Å²) in [6.07, 6.45) is 2.53. The van der Waals surface area contributed by atoms with Crippen LogP contribution in [0.5, 0.6) is 0 Å². The van der Waals surface area contributed by atoms with Gasteiger partial charge in [-0.3, -0.25) is 0 Å². The van der Waals surface area contributed by atoms with E-state index in [9.17, 15) is 0 Å². The van der Waals surface area contributed by atoms with Crippen molar-refractivity contribution in [3.8, 4) is 0 Å². The molecule has 15 heavy (non-hydrogen) atoms. The van der Waals surface area contributed by atoms with Crippen LogP contribution in [0.25, 0.3) is 0 Å². The van der Waals surface area contributed by atoms with Crippen molar-refractivity contribution in [2.24, 2.45) is 5.90 Å². The zero-order valence-corrected chi connectivity index (χ0v) is 12.2. The van der Waals surface area contributed by atoms with Gasteiger partial charge in [0.15, 0.2) is 8.32 Å². The minimum absolute atomic E-state index is 0. The van der Waals surface area contributed by atoms with E-state index in [-0.39, 0.29) is 18.5 Å². The number of rotatable bonds is 3. The predicted octanol–water partition coefficient (Wildman–Crippen LogP) is 2.85. The minimum Gasteiger partial charge on any atom is -0.414 e. The molecule has 0 heterocycles. The molecule has 0 radical (unpaired) electrons. The fourth-order valence-corrected chi connectivity index (χ4v) is 2.70. The number of hydrogen-bond donors (Lipinski definition) is 1. The maximum Gasteiger partial charge on any atom is 0.192 e. The van der Waals surface area contributed by atoms with Crippen LogP contribution in [0.1, 0.15) is 33.6 Å². The Morgan fingerprint density at radius 2 is 1.60 bits per heavy atom. The quantitative estimate of drug-likeness (QED) is 0.621. The highest BCUT2D eigenvalue weighted by Crippen LogP contribution is 2.40. The van der Waals surface area contributed by atoms with Crippen molar-refractivity contribution in [2.45, 2.75) is 64.0 Å². The van der Waals surface area contributed by atoms with Crippen molar-refractivity contribution in [2.75, 3.05) is 0 Å². The summed E-state index contributed by atoms with van der Waals surface area (Å²) in [7, 11) is -1.58. The molecular weight excluding hydrogens is 230 g/mol. The van der Waals surface area contributed by atoms with Gasteiger partial charge in [0.25, 0.3) is 0 Å². The Hall–Kier alpha value is 0.387. The van der Waals surface area contributed by atoms with E-state index in [1.54, 1.807) is 0 Å². The lowest BCUT2D eigenvalue weighted by atomic mass is 9.93. The second-order valence-corrected chi connectivity index (χ2v) is 10.5. The van der Waals surface area contributed by atoms with Crippen LogP contribution in [0.3, 0.4) is 0 Å². The molecule has 5 heteroatoms. The van der Waals surface area contributed by atoms with Crippen LogP contribution < -0.4 is 5.90 Å². The van der Waals surface area contributed by atoms with E-state index in [0.717, 1.165) is 12.8 Å². The lowest BCUT2D eigenvalue weighted by molar-refractivity contribution is -0.0669. The van der Waals surface area contributed by atoms with E-state index < -0.39 is 8.32 Å². The normalized spacial score (nSPS) is 26.8. The van der Waals surface area contributed by atoms with E-state index >= 15 is 0 Å². The van der Waals surface area contributed by atoms with Gasteiger partial charge in [-0.15, -0.1) is 12.4 Å². The molecule has 3 nitrogen and oxygen atoms in total. The molecule has 2 N–H and O–H groups in total. The van der Waals surface area contributed by atoms with E-state index in [0.29, 0.717) is 11.1 Å². The summed E-state index contributed by atoms with van der Waals surface area (Å²) in [5.41, 5.74) is 0. The fraction of sp³-hybridized carbons (Fsp3) is 1.00. The van der Waals surface area contributed by atoms with Crippen molar-refractivity contribution < 1.29 is 9.26 Å². The molecule has 1 saturated carbocycles. The van der Waals surface area contributed by atoms with E-state index in [1.165, 1.54) is 0 Å². The monoisotopic (exact) mass is 253 g/mol. The zero-order valence-electron chi connectivity index (χ0n) is 10.4. The molecule has 0 amide bonds. The van der Waals surface area contributed by atoms with Gasteiger partial charge in [-0.1, -0.05) is 20.8 Å². The highest BCUT2D eigenvalue weighted by Gasteiger charge is 2.42. The largest absolute Gasteiger partial charge is 0.414 e. The highest BCUT2D eigenvalue weighted by atomic mass is 35.5. The molecule has 0 unspecified atom stereocenters. The van der Waals surface area contributed by atoms with Crippen LogP contribution in [-0.2, 0) is 9.26 Å². The molecule has 0 aromatic carbocycles. The molecule has 1 aliphatic rings. The first-order valence-electron chi connectivity index (χ1n) is 5.29. The Morgan fingerprint density at radius 1 is 1.13 bits per heavy atom. The third-order valence-electron chi connectivity index (χ3n) is 3.51. The van der Waals surface area contributed by atoms with Crippen molar-refractivity contribution in [3.63, 3.8) is 0 Å². The van der Waals surface area contributed by atoms with Gasteiger partial charge in [-0.25, -0.2) is 5.90 Å². The summed E-state index contributed by atoms with van der Waals surface area (Å²) in [6, 6.07) is 0. The molecule has 0 aromatic rings. The molecule has 1 rings (SSSR count). The summed E-state index contributed by atoms with van der Waals surface area (Å²) in [5.74, 6) is 5.10. The second-order valence-electron chi connectivity index (χ2n) is 5.73. The molecule has 0 aromatic heterocycles. The topological polar surface area (TPSA) is 44.5 Å². The number of hydrogen-bond acceptors (Lipinski definition) is 3. The van der Waals surface area contributed by atoms with Gasteiger partial charge in [0.05, 0.1) is 12.2 Å². The molecule has 0 spiro atoms. The molecule has 0 atom stereocenters. The summed E-state index contributed by atoms with van der Waals surface area (Å²) >= 11 is 0. The van der Waals surface area contributed by atoms with E-state index in [1.807, 2.05) is 0 Å². The van der Waals surface area contributed by atoms with E-state index in [2.05, 4.69) is 33.9 Å². The second kappa shape index (κ2) is 5.14. The third kappa shape index (κ3) is 3.71. The first-order valence-corrected chi connectivity index (χ1v) is 8.20. The maximum atomic E-state index is 6.17. The zero-order chi connectivity index (χ0) is 11.0. The molecular formula is C10H24ClNO2Si. The Morgan fingerprint density at radius 3 is 1.93 bits per heavy atom. The number of nitrogens with two attached hydrogens (primary N) is 1. The van der Waals surface area contributed by atoms with Gasteiger partial charge in [0, 0.05) is 12.8 Å². The Bertz CT molecular complexity index is 200. The van der Waals surface area contributed by atoms with Crippen LogP contribution in [0, 0.1) is 0 Å². The van der Waals surface area contributed by atoms with Crippen LogP contribution in [0.4, 0.5) is 0 Å². The fourth-order valence-electron chi connectivity index (χ4n) is 1.32. The maximum absolute atomic E-state index is 6.17. The highest BCUT2D eigenvalue weighted by molar-refractivity contribution is 6.74. The smallest absolute Gasteiger partial charge is 0.192 e. The first-order chi connectivity index (χ1) is 6.26. The first kappa shape index (κ1) is 15.4. The van der Waals surface area contributed by atoms with Crippen molar-refractivity contribution in [1.29, 1.82) is 0 Å². The van der Waals surface area contributed by atoms with Gasteiger partial charge >= 0.3 is 0 Å². The van der Waals surface area contributed by atoms with Gasteiger partial charge in [0.2, 0.25) is 0 Å². The molecule has 1 fully saturated rings. The number of halogens is 1. The Labute approximate surface area is 100 Å². The van der Waals surface area contributed by atoms with Crippen LogP contribution >= 0.6 is 12.4 Å². The van der Waals surface area contributed by atoms with Crippen molar-refractivity contribution >= 4 is 20.7 Å². The molecule has 92 valence electrons. The lowest BCUT2D eigenvalue weighted by Gasteiger charge is -2.44. The summed E-state index contributed by atoms with van der Waals surface area (Å²) in [6.45, 7) is 11.3. The summed E-state index contributed by atoms with van der Waals surface area (Å²) < 4.78 is 6.17. The predicted molar refractivity (Wildman–Crippen MR) is 67.6 cm³/mol. The van der Waals surface area contributed by atoms with Gasteiger partial charge < -0.3 is 9.26 Å². The molecule has 0 saturated heterocycles. The Balaban J connectivity index is 0.00000196. The van der Waals surface area contributed by atoms with Crippen molar-refractivity contribution in [3.05, 3.63) is 0 Å². The van der Waals surface area contributed by atoms with Crippen molar-refractivity contribution in [1.82, 2.24) is 0 Å². The minimum atomic E-state index is -1.58. The van der Waals surface area contributed by atoms with Crippen LogP contribution in [0.2, 0.25) is 18.1 Å².